The summed E-state index contributed by atoms with van der Waals surface area (Å²) in [7, 11) is 0. The second kappa shape index (κ2) is 5.42. The molecule has 1 aliphatic rings. The van der Waals surface area contributed by atoms with E-state index in [2.05, 4.69) is 4.98 Å². The van der Waals surface area contributed by atoms with Gasteiger partial charge in [-0.2, -0.15) is 0 Å². The Balaban J connectivity index is 2.00. The predicted octanol–water partition coefficient (Wildman–Crippen LogP) is 1.95. The summed E-state index contributed by atoms with van der Waals surface area (Å²) in [6.45, 7) is 0.595. The van der Waals surface area contributed by atoms with Gasteiger partial charge in [0.1, 0.15) is 12.3 Å². The molecule has 6 nitrogen and oxygen atoms in total. The number of thiazole rings is 1. The Bertz CT molecular complexity index is 396. The maximum absolute atomic E-state index is 10.5. The molecular weight excluding hydrogens is 242 g/mol. The van der Waals surface area contributed by atoms with Gasteiger partial charge in [0.2, 0.25) is 0 Å². The lowest BCUT2D eigenvalue weighted by atomic mass is 9.86. The minimum atomic E-state index is -0.453. The molecule has 0 bridgehead atoms. The highest BCUT2D eigenvalue weighted by Crippen LogP contribution is 2.32. The smallest absolute Gasteiger partial charge is 0.347 e. The van der Waals surface area contributed by atoms with Crippen LogP contribution >= 0.6 is 11.3 Å². The molecule has 94 valence electrons. The van der Waals surface area contributed by atoms with Crippen LogP contribution in [0.2, 0.25) is 0 Å². The van der Waals surface area contributed by atoms with Crippen molar-refractivity contribution in [3.8, 4) is 5.19 Å². The highest BCUT2D eigenvalue weighted by molar-refractivity contribution is 7.16. The van der Waals surface area contributed by atoms with E-state index in [1.165, 1.54) is 12.6 Å². The first-order valence-electron chi connectivity index (χ1n) is 5.67. The van der Waals surface area contributed by atoms with Crippen molar-refractivity contribution in [2.24, 2.45) is 11.7 Å². The molecule has 1 aromatic rings. The SMILES string of the molecule is NCC1CCCCC1Oc1ncc([N+](=O)[O-])s1. The van der Waals surface area contributed by atoms with Crippen molar-refractivity contribution < 1.29 is 9.66 Å². The number of hydrogen-bond donors (Lipinski definition) is 1. The first-order chi connectivity index (χ1) is 8.20. The van der Waals surface area contributed by atoms with E-state index >= 15 is 0 Å². The van der Waals surface area contributed by atoms with Crippen molar-refractivity contribution in [1.82, 2.24) is 4.98 Å². The van der Waals surface area contributed by atoms with E-state index in [0.717, 1.165) is 30.6 Å². The van der Waals surface area contributed by atoms with Gasteiger partial charge in [-0.05, 0) is 37.1 Å². The molecule has 0 saturated heterocycles. The van der Waals surface area contributed by atoms with Gasteiger partial charge < -0.3 is 10.5 Å². The fraction of sp³-hybridized carbons (Fsp3) is 0.700. The summed E-state index contributed by atoms with van der Waals surface area (Å²) < 4.78 is 5.71. The average Bonchev–Trinajstić information content (AvgIpc) is 2.78. The van der Waals surface area contributed by atoms with Crippen LogP contribution < -0.4 is 10.5 Å². The number of nitro groups is 1. The summed E-state index contributed by atoms with van der Waals surface area (Å²) in [6.07, 6.45) is 5.61. The monoisotopic (exact) mass is 257 g/mol. The van der Waals surface area contributed by atoms with E-state index in [9.17, 15) is 10.1 Å². The summed E-state index contributed by atoms with van der Waals surface area (Å²) in [6, 6.07) is 0. The molecule has 2 rings (SSSR count). The Morgan fingerprint density at radius 3 is 3.00 bits per heavy atom. The lowest BCUT2D eigenvalue weighted by Gasteiger charge is -2.29. The first kappa shape index (κ1) is 12.3. The largest absolute Gasteiger partial charge is 0.466 e. The fourth-order valence-corrected chi connectivity index (χ4v) is 2.75. The third-order valence-corrected chi connectivity index (χ3v) is 3.89. The topological polar surface area (TPSA) is 91.3 Å². The van der Waals surface area contributed by atoms with Gasteiger partial charge in [-0.25, -0.2) is 4.98 Å². The molecule has 0 aromatic carbocycles. The molecular formula is C10H15N3O3S. The molecule has 1 aliphatic carbocycles. The highest BCUT2D eigenvalue weighted by Gasteiger charge is 2.27. The van der Waals surface area contributed by atoms with E-state index < -0.39 is 4.92 Å². The van der Waals surface area contributed by atoms with Crippen molar-refractivity contribution in [3.05, 3.63) is 16.3 Å². The summed E-state index contributed by atoms with van der Waals surface area (Å²) in [5.74, 6) is 0.340. The third-order valence-electron chi connectivity index (χ3n) is 3.05. The molecule has 2 unspecified atom stereocenters. The summed E-state index contributed by atoms with van der Waals surface area (Å²) >= 11 is 0.974. The lowest BCUT2D eigenvalue weighted by Crippen LogP contribution is -2.35. The normalized spacial score (nSPS) is 24.5. The van der Waals surface area contributed by atoms with Gasteiger partial charge in [0.05, 0.1) is 4.92 Å². The number of rotatable bonds is 4. The van der Waals surface area contributed by atoms with Crippen molar-refractivity contribution in [2.75, 3.05) is 6.54 Å². The molecule has 0 aliphatic heterocycles. The Labute approximate surface area is 103 Å². The molecule has 1 heterocycles. The van der Waals surface area contributed by atoms with Crippen LogP contribution in [0.15, 0.2) is 6.20 Å². The second-order valence-corrected chi connectivity index (χ2v) is 5.13. The molecule has 1 saturated carbocycles. The van der Waals surface area contributed by atoms with Crippen LogP contribution in [-0.4, -0.2) is 22.6 Å². The molecule has 0 amide bonds. The lowest BCUT2D eigenvalue weighted by molar-refractivity contribution is -0.380. The zero-order valence-electron chi connectivity index (χ0n) is 9.37. The molecule has 0 radical (unpaired) electrons. The van der Waals surface area contributed by atoms with Crippen LogP contribution in [0.3, 0.4) is 0 Å². The van der Waals surface area contributed by atoms with Crippen molar-refractivity contribution in [2.45, 2.75) is 31.8 Å². The minimum absolute atomic E-state index is 0.0140. The van der Waals surface area contributed by atoms with Gasteiger partial charge in [-0.3, -0.25) is 10.1 Å². The molecule has 2 N–H and O–H groups in total. The van der Waals surface area contributed by atoms with E-state index in [4.69, 9.17) is 10.5 Å². The number of nitrogens with zero attached hydrogens (tertiary/aromatic N) is 2. The van der Waals surface area contributed by atoms with Gasteiger partial charge in [-0.15, -0.1) is 0 Å². The van der Waals surface area contributed by atoms with E-state index in [0.29, 0.717) is 17.7 Å². The van der Waals surface area contributed by atoms with E-state index in [1.807, 2.05) is 0 Å². The minimum Gasteiger partial charge on any atom is -0.466 e. The summed E-state index contributed by atoms with van der Waals surface area (Å²) in [5, 5.41) is 10.9. The van der Waals surface area contributed by atoms with Crippen LogP contribution in [0.1, 0.15) is 25.7 Å². The van der Waals surface area contributed by atoms with Crippen LogP contribution in [0.25, 0.3) is 0 Å². The van der Waals surface area contributed by atoms with Gasteiger partial charge in [0.25, 0.3) is 5.19 Å². The molecule has 17 heavy (non-hydrogen) atoms. The van der Waals surface area contributed by atoms with Gasteiger partial charge >= 0.3 is 5.00 Å². The second-order valence-electron chi connectivity index (χ2n) is 4.16. The quantitative estimate of drug-likeness (QED) is 0.657. The Morgan fingerprint density at radius 2 is 2.35 bits per heavy atom. The van der Waals surface area contributed by atoms with Crippen molar-refractivity contribution in [3.63, 3.8) is 0 Å². The van der Waals surface area contributed by atoms with Crippen LogP contribution in [0.4, 0.5) is 5.00 Å². The summed E-state index contributed by atoms with van der Waals surface area (Å²) in [4.78, 5) is 14.0. The zero-order valence-corrected chi connectivity index (χ0v) is 10.2. The molecule has 7 heteroatoms. The van der Waals surface area contributed by atoms with E-state index in [1.54, 1.807) is 0 Å². The van der Waals surface area contributed by atoms with Gasteiger partial charge in [0, 0.05) is 5.92 Å². The number of aromatic nitrogens is 1. The van der Waals surface area contributed by atoms with Gasteiger partial charge in [-0.1, -0.05) is 6.42 Å². The maximum atomic E-state index is 10.5. The zero-order chi connectivity index (χ0) is 12.3. The number of ether oxygens (including phenoxy) is 1. The fourth-order valence-electron chi connectivity index (χ4n) is 2.12. The Hall–Kier alpha value is -1.21. The van der Waals surface area contributed by atoms with Crippen molar-refractivity contribution >= 4 is 16.3 Å². The Kier molecular flexibility index (Phi) is 3.90. The van der Waals surface area contributed by atoms with Gasteiger partial charge in [0.15, 0.2) is 0 Å². The predicted molar refractivity (Wildman–Crippen MR) is 64.2 cm³/mol. The van der Waals surface area contributed by atoms with E-state index in [-0.39, 0.29) is 11.1 Å². The summed E-state index contributed by atoms with van der Waals surface area (Å²) in [5.41, 5.74) is 5.70. The molecule has 0 spiro atoms. The average molecular weight is 257 g/mol. The molecule has 1 aromatic heterocycles. The van der Waals surface area contributed by atoms with Crippen LogP contribution in [0.5, 0.6) is 5.19 Å². The highest BCUT2D eigenvalue weighted by atomic mass is 32.1. The van der Waals surface area contributed by atoms with Crippen molar-refractivity contribution in [1.29, 1.82) is 0 Å². The number of nitrogens with two attached hydrogens (primary N) is 1. The Morgan fingerprint density at radius 1 is 1.59 bits per heavy atom. The first-order valence-corrected chi connectivity index (χ1v) is 6.49. The molecule has 1 fully saturated rings. The third kappa shape index (κ3) is 2.92. The van der Waals surface area contributed by atoms with Crippen LogP contribution in [0, 0.1) is 16.0 Å². The van der Waals surface area contributed by atoms with Crippen LogP contribution in [-0.2, 0) is 0 Å². The standard InChI is InChI=1S/C10H15N3O3S/c11-5-7-3-1-2-4-8(7)16-10-12-6-9(17-10)13(14)15/h6-8H,1-5,11H2. The maximum Gasteiger partial charge on any atom is 0.347 e. The molecule has 2 atom stereocenters. The number of hydrogen-bond acceptors (Lipinski definition) is 6.